The number of aliphatic imine (C=N–C) groups is 1. The molecule has 0 spiro atoms. The maximum atomic E-state index is 6.08. The Labute approximate surface area is 130 Å². The van der Waals surface area contributed by atoms with Crippen molar-refractivity contribution in [2.75, 3.05) is 39.3 Å². The van der Waals surface area contributed by atoms with Gasteiger partial charge in [-0.3, -0.25) is 4.99 Å². The van der Waals surface area contributed by atoms with Crippen LogP contribution in [0.2, 0.25) is 0 Å². The Kier molecular flexibility index (Phi) is 6.81. The van der Waals surface area contributed by atoms with E-state index in [1.807, 2.05) is 0 Å². The summed E-state index contributed by atoms with van der Waals surface area (Å²) in [5, 5.41) is 0. The van der Waals surface area contributed by atoms with Gasteiger partial charge in [-0.1, -0.05) is 13.8 Å². The maximum absolute atomic E-state index is 6.08. The highest BCUT2D eigenvalue weighted by atomic mass is 15.2. The third-order valence-electron chi connectivity index (χ3n) is 4.78. The fourth-order valence-corrected chi connectivity index (χ4v) is 3.84. The molecule has 4 heteroatoms. The zero-order chi connectivity index (χ0) is 15.1. The van der Waals surface area contributed by atoms with Crippen molar-refractivity contribution in [3.8, 4) is 0 Å². The quantitative estimate of drug-likeness (QED) is 0.481. The monoisotopic (exact) mass is 294 g/mol. The van der Waals surface area contributed by atoms with Crippen molar-refractivity contribution in [2.24, 2.45) is 22.6 Å². The molecule has 2 aliphatic heterocycles. The lowest BCUT2D eigenvalue weighted by molar-refractivity contribution is 0.139. The first-order valence-electron chi connectivity index (χ1n) is 8.92. The molecule has 2 unspecified atom stereocenters. The van der Waals surface area contributed by atoms with Gasteiger partial charge in [0, 0.05) is 32.7 Å². The summed E-state index contributed by atoms with van der Waals surface area (Å²) in [6.45, 7) is 11.6. The molecule has 4 nitrogen and oxygen atoms in total. The fourth-order valence-electron chi connectivity index (χ4n) is 3.84. The van der Waals surface area contributed by atoms with Gasteiger partial charge in [0.15, 0.2) is 5.96 Å². The van der Waals surface area contributed by atoms with E-state index in [0.717, 1.165) is 43.9 Å². The smallest absolute Gasteiger partial charge is 0.191 e. The standard InChI is InChI=1S/C17H34N4/c1-15-12-16(2)14-20(13-15)9-7-4-8-19-17(18)21-10-5-3-6-11-21/h15-16H,3-14H2,1-2H3,(H2,18,19). The number of unbranched alkanes of at least 4 members (excludes halogenated alkanes) is 1. The molecule has 0 amide bonds. The van der Waals surface area contributed by atoms with E-state index in [-0.39, 0.29) is 0 Å². The first-order chi connectivity index (χ1) is 10.1. The first kappa shape index (κ1) is 16.6. The normalized spacial score (nSPS) is 28.9. The summed E-state index contributed by atoms with van der Waals surface area (Å²) in [4.78, 5) is 9.45. The largest absolute Gasteiger partial charge is 0.370 e. The molecule has 0 radical (unpaired) electrons. The number of guanidine groups is 1. The van der Waals surface area contributed by atoms with Gasteiger partial charge in [0.25, 0.3) is 0 Å². The first-order valence-corrected chi connectivity index (χ1v) is 8.92. The number of likely N-dealkylation sites (tertiary alicyclic amines) is 2. The summed E-state index contributed by atoms with van der Waals surface area (Å²) in [6.07, 6.45) is 7.68. The molecule has 21 heavy (non-hydrogen) atoms. The molecule has 0 aromatic rings. The third kappa shape index (κ3) is 5.85. The summed E-state index contributed by atoms with van der Waals surface area (Å²) in [7, 11) is 0. The van der Waals surface area contributed by atoms with Crippen LogP contribution in [0.5, 0.6) is 0 Å². The van der Waals surface area contributed by atoms with E-state index >= 15 is 0 Å². The minimum absolute atomic E-state index is 0.773. The van der Waals surface area contributed by atoms with E-state index in [2.05, 4.69) is 28.6 Å². The number of hydrogen-bond acceptors (Lipinski definition) is 2. The molecule has 0 aromatic carbocycles. The second-order valence-electron chi connectivity index (χ2n) is 7.20. The van der Waals surface area contributed by atoms with Crippen molar-refractivity contribution in [1.29, 1.82) is 0 Å². The zero-order valence-electron chi connectivity index (χ0n) is 14.1. The second-order valence-corrected chi connectivity index (χ2v) is 7.20. The van der Waals surface area contributed by atoms with Crippen molar-refractivity contribution >= 4 is 5.96 Å². The second kappa shape index (κ2) is 8.62. The van der Waals surface area contributed by atoms with Crippen LogP contribution in [0.1, 0.15) is 52.4 Å². The Morgan fingerprint density at radius 1 is 1.05 bits per heavy atom. The van der Waals surface area contributed by atoms with Crippen LogP contribution in [0.15, 0.2) is 4.99 Å². The molecule has 2 N–H and O–H groups in total. The van der Waals surface area contributed by atoms with Gasteiger partial charge >= 0.3 is 0 Å². The van der Waals surface area contributed by atoms with Crippen LogP contribution in [0, 0.1) is 11.8 Å². The Morgan fingerprint density at radius 2 is 1.71 bits per heavy atom. The molecular formula is C17H34N4. The summed E-state index contributed by atoms with van der Waals surface area (Å²) < 4.78 is 0. The molecule has 2 atom stereocenters. The van der Waals surface area contributed by atoms with E-state index in [0.29, 0.717) is 0 Å². The predicted molar refractivity (Wildman–Crippen MR) is 90.5 cm³/mol. The molecular weight excluding hydrogens is 260 g/mol. The highest BCUT2D eigenvalue weighted by molar-refractivity contribution is 5.78. The lowest BCUT2D eigenvalue weighted by Gasteiger charge is -2.34. The van der Waals surface area contributed by atoms with Crippen molar-refractivity contribution in [2.45, 2.75) is 52.4 Å². The van der Waals surface area contributed by atoms with E-state index in [4.69, 9.17) is 5.73 Å². The lowest BCUT2D eigenvalue weighted by atomic mass is 9.92. The van der Waals surface area contributed by atoms with Crippen LogP contribution in [-0.2, 0) is 0 Å². The van der Waals surface area contributed by atoms with Gasteiger partial charge in [0.1, 0.15) is 0 Å². The van der Waals surface area contributed by atoms with Gasteiger partial charge < -0.3 is 15.5 Å². The molecule has 0 saturated carbocycles. The number of rotatable bonds is 5. The molecule has 2 heterocycles. The van der Waals surface area contributed by atoms with Crippen LogP contribution >= 0.6 is 0 Å². The maximum Gasteiger partial charge on any atom is 0.191 e. The summed E-state index contributed by atoms with van der Waals surface area (Å²) in [5.74, 6) is 2.50. The Hall–Kier alpha value is -0.770. The molecule has 2 saturated heterocycles. The number of piperidine rings is 2. The summed E-state index contributed by atoms with van der Waals surface area (Å²) >= 11 is 0. The SMILES string of the molecule is CC1CC(C)CN(CCCCN=C(N)N2CCCCC2)C1. The molecule has 2 fully saturated rings. The van der Waals surface area contributed by atoms with Crippen LogP contribution in [0.3, 0.4) is 0 Å². The molecule has 2 rings (SSSR count). The van der Waals surface area contributed by atoms with Crippen LogP contribution in [-0.4, -0.2) is 55.0 Å². The number of nitrogens with two attached hydrogens (primary N) is 1. The lowest BCUT2D eigenvalue weighted by Crippen LogP contribution is -2.41. The molecule has 122 valence electrons. The Morgan fingerprint density at radius 3 is 2.38 bits per heavy atom. The molecule has 0 aliphatic carbocycles. The fraction of sp³-hybridized carbons (Fsp3) is 0.941. The van der Waals surface area contributed by atoms with Crippen LogP contribution < -0.4 is 5.73 Å². The van der Waals surface area contributed by atoms with Crippen LogP contribution in [0.4, 0.5) is 0 Å². The van der Waals surface area contributed by atoms with Gasteiger partial charge in [-0.2, -0.15) is 0 Å². The van der Waals surface area contributed by atoms with Gasteiger partial charge in [-0.25, -0.2) is 0 Å². The van der Waals surface area contributed by atoms with Gasteiger partial charge in [-0.15, -0.1) is 0 Å². The topological polar surface area (TPSA) is 44.9 Å². The van der Waals surface area contributed by atoms with E-state index < -0.39 is 0 Å². The Balaban J connectivity index is 1.58. The van der Waals surface area contributed by atoms with Gasteiger partial charge in [0.2, 0.25) is 0 Å². The Bertz CT molecular complexity index is 313. The van der Waals surface area contributed by atoms with Crippen molar-refractivity contribution in [1.82, 2.24) is 9.80 Å². The molecule has 2 aliphatic rings. The summed E-state index contributed by atoms with van der Waals surface area (Å²) in [6, 6.07) is 0. The van der Waals surface area contributed by atoms with Crippen molar-refractivity contribution in [3.63, 3.8) is 0 Å². The van der Waals surface area contributed by atoms with Crippen molar-refractivity contribution in [3.05, 3.63) is 0 Å². The van der Waals surface area contributed by atoms with E-state index in [1.54, 1.807) is 0 Å². The summed E-state index contributed by atoms with van der Waals surface area (Å²) in [5.41, 5.74) is 6.08. The van der Waals surface area contributed by atoms with Gasteiger partial charge in [0.05, 0.1) is 0 Å². The third-order valence-corrected chi connectivity index (χ3v) is 4.78. The average molecular weight is 294 g/mol. The minimum atomic E-state index is 0.773. The van der Waals surface area contributed by atoms with Crippen LogP contribution in [0.25, 0.3) is 0 Å². The number of hydrogen-bond donors (Lipinski definition) is 1. The van der Waals surface area contributed by atoms with Crippen molar-refractivity contribution < 1.29 is 0 Å². The zero-order valence-corrected chi connectivity index (χ0v) is 14.1. The van der Waals surface area contributed by atoms with Gasteiger partial charge in [-0.05, 0) is 56.9 Å². The predicted octanol–water partition coefficient (Wildman–Crippen LogP) is 2.55. The molecule has 0 bridgehead atoms. The minimum Gasteiger partial charge on any atom is -0.370 e. The average Bonchev–Trinajstić information content (AvgIpc) is 2.46. The highest BCUT2D eigenvalue weighted by Crippen LogP contribution is 2.21. The van der Waals surface area contributed by atoms with E-state index in [1.165, 1.54) is 51.7 Å². The number of nitrogens with zero attached hydrogens (tertiary/aromatic N) is 3. The highest BCUT2D eigenvalue weighted by Gasteiger charge is 2.20. The molecule has 0 aromatic heterocycles. The van der Waals surface area contributed by atoms with E-state index in [9.17, 15) is 0 Å².